The summed E-state index contributed by atoms with van der Waals surface area (Å²) in [6.45, 7) is 14.1. The molecule has 0 radical (unpaired) electrons. The molecule has 10 heteroatoms. The first-order chi connectivity index (χ1) is 29.6. The molecule has 10 nitrogen and oxygen atoms in total. The molecule has 0 spiro atoms. The molecule has 2 saturated heterocycles. The number of fused-ring (bicyclic) bond motifs is 2. The second-order valence-electron chi connectivity index (χ2n) is 16.8. The van der Waals surface area contributed by atoms with Crippen LogP contribution < -0.4 is 16.4 Å². The summed E-state index contributed by atoms with van der Waals surface area (Å²) in [4.78, 5) is 53.1. The van der Waals surface area contributed by atoms with Crippen molar-refractivity contribution in [3.8, 4) is 0 Å². The monoisotopic (exact) mass is 828 g/mol. The number of aryl methyl sites for hydroxylation is 4. The van der Waals surface area contributed by atoms with Crippen LogP contribution in [0.1, 0.15) is 81.9 Å². The number of rotatable bonds is 15. The molecule has 5 aromatic rings. The molecule has 0 unspecified atom stereocenters. The largest absolute Gasteiger partial charge is 0.466 e. The third-order valence-corrected chi connectivity index (χ3v) is 12.6. The van der Waals surface area contributed by atoms with E-state index in [0.29, 0.717) is 26.3 Å². The molecule has 2 aromatic heterocycles. The smallest absolute Gasteiger partial charge is 0.312 e. The lowest BCUT2D eigenvalue weighted by molar-refractivity contribution is -0.159. The van der Waals surface area contributed by atoms with Crippen molar-refractivity contribution in [3.05, 3.63) is 134 Å². The van der Waals surface area contributed by atoms with Crippen LogP contribution in [0.5, 0.6) is 0 Å². The summed E-state index contributed by atoms with van der Waals surface area (Å²) >= 11 is 0. The molecule has 0 aliphatic carbocycles. The van der Waals surface area contributed by atoms with Crippen LogP contribution >= 0.6 is 0 Å². The topological polar surface area (TPSA) is 112 Å². The normalized spacial score (nSPS) is 16.3. The number of benzene rings is 3. The van der Waals surface area contributed by atoms with E-state index in [0.717, 1.165) is 117 Å². The van der Waals surface area contributed by atoms with E-state index < -0.39 is 10.8 Å². The van der Waals surface area contributed by atoms with Gasteiger partial charge in [-0.3, -0.25) is 24.1 Å². The van der Waals surface area contributed by atoms with Gasteiger partial charge in [-0.1, -0.05) is 66.7 Å². The number of nitrogens with zero attached hydrogens (tertiary/aromatic N) is 3. The standard InChI is InChI=1S/C30H36N2O3.C21H28N2O3/c1-3-35-29(34)30(17-21-31(22-18-30)19-7-11-25-9-5-4-6-10-25)16-8-20-32-27-23-24(2)12-13-26(27)14-15-28(32)33;1-3-26-20(25)21(10-12-22-13-11-21)9-4-14-23-18-15-16(2)5-6-17(18)7-8-19(23)24/h4-7,9-15,23H,3,8,16-22H2,1-2H3;5-8,15,22H,3-4,9-14H2,1-2H3/b11-7+;. The molecule has 0 amide bonds. The Morgan fingerprint density at radius 3 is 1.62 bits per heavy atom. The molecule has 0 atom stereocenters. The van der Waals surface area contributed by atoms with E-state index in [1.807, 2.05) is 73.2 Å². The van der Waals surface area contributed by atoms with E-state index in [-0.39, 0.29) is 23.1 Å². The molecule has 61 heavy (non-hydrogen) atoms. The number of ether oxygens (including phenoxy) is 2. The highest BCUT2D eigenvalue weighted by atomic mass is 16.5. The zero-order valence-electron chi connectivity index (χ0n) is 36.6. The van der Waals surface area contributed by atoms with Gasteiger partial charge in [0, 0.05) is 31.8 Å². The molecule has 2 fully saturated rings. The maximum absolute atomic E-state index is 13.1. The summed E-state index contributed by atoms with van der Waals surface area (Å²) in [5.74, 6) is -0.164. The zero-order chi connectivity index (χ0) is 43.2. The maximum atomic E-state index is 13.1. The first-order valence-corrected chi connectivity index (χ1v) is 22.3. The van der Waals surface area contributed by atoms with Crippen LogP contribution in [0.15, 0.2) is 107 Å². The minimum atomic E-state index is -0.472. The lowest BCUT2D eigenvalue weighted by Gasteiger charge is -2.39. The average Bonchev–Trinajstić information content (AvgIpc) is 3.27. The molecule has 0 saturated carbocycles. The highest BCUT2D eigenvalue weighted by Gasteiger charge is 2.42. The molecule has 7 rings (SSSR count). The first-order valence-electron chi connectivity index (χ1n) is 22.3. The van der Waals surface area contributed by atoms with Gasteiger partial charge in [0.05, 0.1) is 35.1 Å². The van der Waals surface area contributed by atoms with Crippen molar-refractivity contribution in [1.82, 2.24) is 19.4 Å². The lowest BCUT2D eigenvalue weighted by Crippen LogP contribution is -2.45. The van der Waals surface area contributed by atoms with Crippen LogP contribution in [0.3, 0.4) is 0 Å². The van der Waals surface area contributed by atoms with E-state index in [1.54, 1.807) is 12.1 Å². The van der Waals surface area contributed by atoms with Crippen molar-refractivity contribution in [2.75, 3.05) is 45.9 Å². The quantitative estimate of drug-likeness (QED) is 0.105. The van der Waals surface area contributed by atoms with Gasteiger partial charge in [0.15, 0.2) is 0 Å². The fourth-order valence-electron chi connectivity index (χ4n) is 9.06. The molecule has 324 valence electrons. The molecule has 1 N–H and O–H groups in total. The van der Waals surface area contributed by atoms with Crippen molar-refractivity contribution in [1.29, 1.82) is 0 Å². The van der Waals surface area contributed by atoms with Crippen molar-refractivity contribution in [2.24, 2.45) is 10.8 Å². The SMILES string of the molecule is CCOC(=O)C1(CCCn2c(=O)ccc3ccc(C)cc32)CCN(C/C=C/c2ccccc2)CC1.CCOC(=O)C1(CCCn2c(=O)ccc3ccc(C)cc32)CCNCC1. The summed E-state index contributed by atoms with van der Waals surface area (Å²) in [6.07, 6.45) is 10.5. The second kappa shape index (κ2) is 21.5. The van der Waals surface area contributed by atoms with Crippen molar-refractivity contribution < 1.29 is 19.1 Å². The van der Waals surface area contributed by atoms with Crippen LogP contribution in [-0.4, -0.2) is 71.9 Å². The first kappa shape index (κ1) is 45.2. The van der Waals surface area contributed by atoms with Crippen molar-refractivity contribution in [3.63, 3.8) is 0 Å². The molecule has 2 aliphatic heterocycles. The fourth-order valence-corrected chi connectivity index (χ4v) is 9.06. The number of aromatic nitrogens is 2. The van der Waals surface area contributed by atoms with Gasteiger partial charge in [-0.05, 0) is 157 Å². The number of hydrogen-bond acceptors (Lipinski definition) is 8. The minimum Gasteiger partial charge on any atom is -0.466 e. The van der Waals surface area contributed by atoms with Gasteiger partial charge >= 0.3 is 11.9 Å². The molecule has 2 aliphatic rings. The Hall–Kier alpha value is -5.32. The molecular weight excluding hydrogens is 765 g/mol. The van der Waals surface area contributed by atoms with Crippen LogP contribution in [0.25, 0.3) is 27.9 Å². The van der Waals surface area contributed by atoms with Gasteiger partial charge in [0.2, 0.25) is 0 Å². The van der Waals surface area contributed by atoms with Crippen LogP contribution in [0, 0.1) is 24.7 Å². The number of nitrogens with one attached hydrogen (secondary N) is 1. The third kappa shape index (κ3) is 11.5. The predicted octanol–water partition coefficient (Wildman–Crippen LogP) is 8.47. The highest BCUT2D eigenvalue weighted by molar-refractivity contribution is 5.81. The Labute approximate surface area is 360 Å². The number of esters is 2. The molecule has 4 heterocycles. The van der Waals surface area contributed by atoms with Crippen LogP contribution in [0.2, 0.25) is 0 Å². The van der Waals surface area contributed by atoms with E-state index in [4.69, 9.17) is 9.47 Å². The Kier molecular flexibility index (Phi) is 15.9. The highest BCUT2D eigenvalue weighted by Crippen LogP contribution is 2.38. The van der Waals surface area contributed by atoms with E-state index in [9.17, 15) is 19.2 Å². The number of hydrogen-bond donors (Lipinski definition) is 1. The predicted molar refractivity (Wildman–Crippen MR) is 246 cm³/mol. The summed E-state index contributed by atoms with van der Waals surface area (Å²) in [7, 11) is 0. The van der Waals surface area contributed by atoms with E-state index >= 15 is 0 Å². The van der Waals surface area contributed by atoms with Gasteiger partial charge in [-0.2, -0.15) is 0 Å². The second-order valence-corrected chi connectivity index (χ2v) is 16.8. The number of likely N-dealkylation sites (tertiary alicyclic amines) is 1. The van der Waals surface area contributed by atoms with Crippen LogP contribution in [0.4, 0.5) is 0 Å². The van der Waals surface area contributed by atoms with Gasteiger partial charge in [0.25, 0.3) is 11.1 Å². The van der Waals surface area contributed by atoms with Gasteiger partial charge < -0.3 is 23.9 Å². The average molecular weight is 829 g/mol. The number of carbonyl (C=O) groups excluding carboxylic acids is 2. The molecule has 0 bridgehead atoms. The van der Waals surface area contributed by atoms with E-state index in [1.165, 1.54) is 5.56 Å². The minimum absolute atomic E-state index is 0.00769. The van der Waals surface area contributed by atoms with Gasteiger partial charge in [-0.25, -0.2) is 0 Å². The maximum Gasteiger partial charge on any atom is 0.312 e. The van der Waals surface area contributed by atoms with Gasteiger partial charge in [0.1, 0.15) is 0 Å². The van der Waals surface area contributed by atoms with Crippen molar-refractivity contribution >= 4 is 39.8 Å². The number of carbonyl (C=O) groups is 2. The summed E-state index contributed by atoms with van der Waals surface area (Å²) in [5.41, 5.74) is 4.53. The molecule has 3 aromatic carbocycles. The zero-order valence-corrected chi connectivity index (χ0v) is 36.6. The summed E-state index contributed by atoms with van der Waals surface area (Å²) < 4.78 is 14.6. The van der Waals surface area contributed by atoms with E-state index in [2.05, 4.69) is 64.8 Å². The van der Waals surface area contributed by atoms with Crippen LogP contribution in [-0.2, 0) is 32.2 Å². The Morgan fingerprint density at radius 2 is 1.13 bits per heavy atom. The Morgan fingerprint density at radius 1 is 0.656 bits per heavy atom. The lowest BCUT2D eigenvalue weighted by atomic mass is 9.74. The fraction of sp³-hybridized carbons (Fsp3) is 0.451. The number of pyridine rings is 2. The molecular formula is C51H64N4O6. The summed E-state index contributed by atoms with van der Waals surface area (Å²) in [6, 6.07) is 29.7. The Balaban J connectivity index is 0.000000213. The van der Waals surface area contributed by atoms with Gasteiger partial charge in [-0.15, -0.1) is 0 Å². The number of piperidine rings is 2. The third-order valence-electron chi connectivity index (χ3n) is 12.6. The van der Waals surface area contributed by atoms with Crippen molar-refractivity contribution in [2.45, 2.75) is 92.2 Å². The summed E-state index contributed by atoms with van der Waals surface area (Å²) in [5, 5.41) is 5.45. The Bertz CT molecular complexity index is 2390.